The lowest BCUT2D eigenvalue weighted by molar-refractivity contribution is -0.660. The first-order valence-corrected chi connectivity index (χ1v) is 9.70. The Hall–Kier alpha value is -1.16. The van der Waals surface area contributed by atoms with Gasteiger partial charge in [-0.3, -0.25) is 0 Å². The number of rotatable bonds is 8. The molecule has 132 valence electrons. The summed E-state index contributed by atoms with van der Waals surface area (Å²) in [5.41, 5.74) is 4.35. The molecular weight excluding hydrogens is 298 g/mol. The van der Waals surface area contributed by atoms with Crippen LogP contribution in [0, 0.1) is 0 Å². The van der Waals surface area contributed by atoms with Gasteiger partial charge in [0.2, 0.25) is 0 Å². The quantitative estimate of drug-likeness (QED) is 0.569. The predicted octanol–water partition coefficient (Wildman–Crippen LogP) is 2.90. The second kappa shape index (κ2) is 9.36. The molecule has 0 saturated heterocycles. The molecule has 0 heterocycles. The van der Waals surface area contributed by atoms with Crippen LogP contribution in [0.4, 0.5) is 0 Å². The summed E-state index contributed by atoms with van der Waals surface area (Å²) in [5.74, 6) is 0. The van der Waals surface area contributed by atoms with Crippen LogP contribution in [0.25, 0.3) is 0 Å². The topological polar surface area (TPSA) is 46.1 Å². The van der Waals surface area contributed by atoms with E-state index in [1.54, 1.807) is 5.57 Å². The minimum Gasteiger partial charge on any atom is -0.385 e. The maximum atomic E-state index is 10.2. The van der Waals surface area contributed by atoms with E-state index in [-0.39, 0.29) is 12.2 Å². The highest BCUT2D eigenvalue weighted by Gasteiger charge is 2.21. The molecule has 0 amide bonds. The van der Waals surface area contributed by atoms with E-state index in [9.17, 15) is 5.11 Å². The van der Waals surface area contributed by atoms with Gasteiger partial charge in [0.05, 0.1) is 19.3 Å². The molecule has 0 unspecified atom stereocenters. The van der Waals surface area contributed by atoms with Crippen molar-refractivity contribution in [2.24, 2.45) is 0 Å². The van der Waals surface area contributed by atoms with E-state index >= 15 is 0 Å². The molecular formula is C21H32NO2+. The van der Waals surface area contributed by atoms with Gasteiger partial charge in [-0.1, -0.05) is 35.9 Å². The Morgan fingerprint density at radius 1 is 1.17 bits per heavy atom. The lowest BCUT2D eigenvalue weighted by Crippen LogP contribution is -2.86. The number of benzene rings is 1. The van der Waals surface area contributed by atoms with Gasteiger partial charge in [0.15, 0.2) is 0 Å². The van der Waals surface area contributed by atoms with Crippen LogP contribution >= 0.6 is 0 Å². The molecule has 2 aliphatic rings. The average Bonchev–Trinajstić information content (AvgIpc) is 2.64. The third-order valence-corrected chi connectivity index (χ3v) is 5.30. The number of allylic oxidation sites excluding steroid dienone is 1. The second-order valence-corrected chi connectivity index (χ2v) is 7.24. The van der Waals surface area contributed by atoms with Gasteiger partial charge < -0.3 is 15.2 Å². The van der Waals surface area contributed by atoms with Crippen molar-refractivity contribution in [2.45, 2.75) is 63.6 Å². The summed E-state index contributed by atoms with van der Waals surface area (Å²) >= 11 is 0. The first-order chi connectivity index (χ1) is 11.8. The fraction of sp³-hybridized carbons (Fsp3) is 0.619. The third kappa shape index (κ3) is 5.17. The van der Waals surface area contributed by atoms with E-state index in [1.807, 2.05) is 0 Å². The van der Waals surface area contributed by atoms with Crippen LogP contribution in [-0.2, 0) is 11.2 Å². The SMILES string of the molecule is O[C@@H](C[NH2+]CCC1=CCCCC1)CO[C@H]1CCCc2ccccc21. The first kappa shape index (κ1) is 17.7. The van der Waals surface area contributed by atoms with E-state index in [4.69, 9.17) is 4.74 Å². The van der Waals surface area contributed by atoms with Crippen LogP contribution in [0.5, 0.6) is 0 Å². The van der Waals surface area contributed by atoms with Gasteiger partial charge in [-0.2, -0.15) is 0 Å². The maximum Gasteiger partial charge on any atom is 0.126 e. The number of ether oxygens (including phenoxy) is 1. The van der Waals surface area contributed by atoms with Crippen molar-refractivity contribution < 1.29 is 15.2 Å². The van der Waals surface area contributed by atoms with E-state index in [0.29, 0.717) is 6.61 Å². The Balaban J connectivity index is 1.34. The summed E-state index contributed by atoms with van der Waals surface area (Å²) < 4.78 is 6.04. The molecule has 3 nitrogen and oxygen atoms in total. The van der Waals surface area contributed by atoms with Crippen molar-refractivity contribution in [3.63, 3.8) is 0 Å². The Labute approximate surface area is 146 Å². The van der Waals surface area contributed by atoms with Crippen LogP contribution in [0.3, 0.4) is 0 Å². The van der Waals surface area contributed by atoms with Crippen molar-refractivity contribution in [3.05, 3.63) is 47.0 Å². The molecule has 0 saturated carbocycles. The highest BCUT2D eigenvalue weighted by molar-refractivity contribution is 5.31. The highest BCUT2D eigenvalue weighted by Crippen LogP contribution is 2.32. The van der Waals surface area contributed by atoms with Crippen molar-refractivity contribution in [3.8, 4) is 0 Å². The van der Waals surface area contributed by atoms with Crippen LogP contribution in [0.15, 0.2) is 35.9 Å². The zero-order valence-corrected chi connectivity index (χ0v) is 14.8. The Bertz CT molecular complexity index is 540. The van der Waals surface area contributed by atoms with E-state index in [1.165, 1.54) is 49.7 Å². The normalized spacial score (nSPS) is 21.9. The van der Waals surface area contributed by atoms with Crippen LogP contribution in [0.2, 0.25) is 0 Å². The van der Waals surface area contributed by atoms with Crippen molar-refractivity contribution in [1.29, 1.82) is 0 Å². The van der Waals surface area contributed by atoms with E-state index in [2.05, 4.69) is 35.7 Å². The molecule has 3 rings (SSSR count). The molecule has 3 heteroatoms. The molecule has 1 aromatic carbocycles. The number of quaternary nitrogens is 1. The fourth-order valence-electron chi connectivity index (χ4n) is 3.91. The molecule has 24 heavy (non-hydrogen) atoms. The summed E-state index contributed by atoms with van der Waals surface area (Å²) in [6, 6.07) is 8.57. The van der Waals surface area contributed by atoms with Gasteiger partial charge in [0.1, 0.15) is 12.6 Å². The van der Waals surface area contributed by atoms with Crippen molar-refractivity contribution in [2.75, 3.05) is 19.7 Å². The molecule has 0 aromatic heterocycles. The number of aliphatic hydroxyl groups is 1. The monoisotopic (exact) mass is 330 g/mol. The summed E-state index contributed by atoms with van der Waals surface area (Å²) in [6.07, 6.45) is 12.0. The zero-order chi connectivity index (χ0) is 16.6. The summed E-state index contributed by atoms with van der Waals surface area (Å²) in [6.45, 7) is 2.26. The highest BCUT2D eigenvalue weighted by atomic mass is 16.5. The summed E-state index contributed by atoms with van der Waals surface area (Å²) in [7, 11) is 0. The number of aliphatic hydroxyl groups excluding tert-OH is 1. The Morgan fingerprint density at radius 2 is 2.08 bits per heavy atom. The number of aryl methyl sites for hydroxylation is 1. The third-order valence-electron chi connectivity index (χ3n) is 5.30. The number of hydrogen-bond acceptors (Lipinski definition) is 2. The van der Waals surface area contributed by atoms with Crippen LogP contribution in [-0.4, -0.2) is 30.9 Å². The number of nitrogens with two attached hydrogens (primary N) is 1. The molecule has 0 bridgehead atoms. The minimum atomic E-state index is -0.376. The molecule has 0 aliphatic heterocycles. The zero-order valence-electron chi connectivity index (χ0n) is 14.8. The molecule has 0 fully saturated rings. The van der Waals surface area contributed by atoms with Gasteiger partial charge >= 0.3 is 0 Å². The number of fused-ring (bicyclic) bond motifs is 1. The molecule has 0 radical (unpaired) electrons. The van der Waals surface area contributed by atoms with Gasteiger partial charge in [-0.15, -0.1) is 0 Å². The minimum absolute atomic E-state index is 0.164. The molecule has 1 aromatic rings. The van der Waals surface area contributed by atoms with E-state index in [0.717, 1.165) is 25.9 Å². The Kier molecular flexibility index (Phi) is 6.88. The standard InChI is InChI=1S/C21H31NO2/c23-19(15-22-14-13-17-7-2-1-3-8-17)16-24-21-12-6-10-18-9-4-5-11-20(18)21/h4-5,7,9,11,19,21-23H,1-3,6,8,10,12-16H2/p+1/t19-,21-/m0/s1. The largest absolute Gasteiger partial charge is 0.385 e. The predicted molar refractivity (Wildman–Crippen MR) is 96.9 cm³/mol. The molecule has 2 atom stereocenters. The maximum absolute atomic E-state index is 10.2. The van der Waals surface area contributed by atoms with Gasteiger partial charge in [-0.25, -0.2) is 0 Å². The first-order valence-electron chi connectivity index (χ1n) is 9.70. The van der Waals surface area contributed by atoms with Gasteiger partial charge in [0, 0.05) is 6.42 Å². The van der Waals surface area contributed by atoms with Gasteiger partial charge in [0.25, 0.3) is 0 Å². The molecule has 0 spiro atoms. The lowest BCUT2D eigenvalue weighted by Gasteiger charge is -2.26. The summed E-state index contributed by atoms with van der Waals surface area (Å²) in [5, 5.41) is 12.4. The molecule has 3 N–H and O–H groups in total. The second-order valence-electron chi connectivity index (χ2n) is 7.24. The smallest absolute Gasteiger partial charge is 0.126 e. The van der Waals surface area contributed by atoms with Crippen molar-refractivity contribution in [1.82, 2.24) is 0 Å². The molecule has 2 aliphatic carbocycles. The average molecular weight is 330 g/mol. The lowest BCUT2D eigenvalue weighted by atomic mass is 9.89. The fourth-order valence-corrected chi connectivity index (χ4v) is 3.91. The number of hydrogen-bond donors (Lipinski definition) is 2. The Morgan fingerprint density at radius 3 is 2.96 bits per heavy atom. The van der Waals surface area contributed by atoms with Crippen LogP contribution in [0.1, 0.15) is 62.2 Å². The summed E-state index contributed by atoms with van der Waals surface area (Å²) in [4.78, 5) is 0. The van der Waals surface area contributed by atoms with E-state index < -0.39 is 0 Å². The van der Waals surface area contributed by atoms with Gasteiger partial charge in [-0.05, 0) is 56.1 Å². The van der Waals surface area contributed by atoms with Crippen LogP contribution < -0.4 is 5.32 Å². The van der Waals surface area contributed by atoms with Crippen molar-refractivity contribution >= 4 is 0 Å².